The number of allylic oxidation sites excluding steroid dienone is 1. The summed E-state index contributed by atoms with van der Waals surface area (Å²) in [7, 11) is 0. The number of carbonyl (C=O) groups is 2. The molecule has 0 aliphatic heterocycles. The van der Waals surface area contributed by atoms with Crippen LogP contribution in [0, 0.1) is 5.41 Å². The first-order chi connectivity index (χ1) is 10.9. The first-order valence-corrected chi connectivity index (χ1v) is 7.63. The predicted molar refractivity (Wildman–Crippen MR) is 88.9 cm³/mol. The van der Waals surface area contributed by atoms with Crippen LogP contribution in [0.4, 0.5) is 0 Å². The van der Waals surface area contributed by atoms with E-state index >= 15 is 0 Å². The normalized spacial score (nSPS) is 13.0. The van der Waals surface area contributed by atoms with Crippen molar-refractivity contribution in [3.8, 4) is 0 Å². The molecule has 0 radical (unpaired) electrons. The van der Waals surface area contributed by atoms with Crippen molar-refractivity contribution in [3.63, 3.8) is 0 Å². The van der Waals surface area contributed by atoms with Crippen LogP contribution in [0.2, 0.25) is 0 Å². The topological polar surface area (TPSA) is 75.6 Å². The maximum absolute atomic E-state index is 12.3. The van der Waals surface area contributed by atoms with Crippen molar-refractivity contribution in [1.29, 1.82) is 0 Å². The van der Waals surface area contributed by atoms with Gasteiger partial charge < -0.3 is 15.2 Å². The number of amides is 1. The number of ether oxygens (including phenoxy) is 1. The molecular weight excluding hydrogens is 294 g/mol. The van der Waals surface area contributed by atoms with Gasteiger partial charge in [-0.1, -0.05) is 42.5 Å². The molecule has 5 heteroatoms. The Kier molecular flexibility index (Phi) is 7.48. The molecule has 0 fully saturated rings. The molecular formula is C18H25NO4. The van der Waals surface area contributed by atoms with Crippen LogP contribution in [-0.4, -0.2) is 29.6 Å². The summed E-state index contributed by atoms with van der Waals surface area (Å²) in [5.74, 6) is -1.38. The molecule has 0 spiro atoms. The second-order valence-corrected chi connectivity index (χ2v) is 6.03. The van der Waals surface area contributed by atoms with Gasteiger partial charge in [-0.05, 0) is 32.8 Å². The van der Waals surface area contributed by atoms with Gasteiger partial charge in [-0.3, -0.25) is 4.79 Å². The standard InChI is InChI=1S/C18H25NO4/c1-4-5-11-15(16(20)21)19-17(22)18(2,3)13-23-12-14-9-7-6-8-10-14/h4-10,15H,11-13H2,1-3H3,(H,19,22)(H,20,21)/b5-4+. The monoisotopic (exact) mass is 319 g/mol. The van der Waals surface area contributed by atoms with E-state index in [2.05, 4.69) is 5.32 Å². The Morgan fingerprint density at radius 2 is 1.96 bits per heavy atom. The number of benzene rings is 1. The van der Waals surface area contributed by atoms with E-state index in [0.29, 0.717) is 6.61 Å². The zero-order chi connectivity index (χ0) is 17.3. The number of nitrogens with one attached hydrogen (secondary N) is 1. The quantitative estimate of drug-likeness (QED) is 0.686. The summed E-state index contributed by atoms with van der Waals surface area (Å²) in [5.41, 5.74) is 0.221. The molecule has 1 aromatic rings. The van der Waals surface area contributed by atoms with Gasteiger partial charge in [0.05, 0.1) is 18.6 Å². The van der Waals surface area contributed by atoms with Crippen molar-refractivity contribution < 1.29 is 19.4 Å². The van der Waals surface area contributed by atoms with Crippen molar-refractivity contribution in [2.75, 3.05) is 6.61 Å². The minimum absolute atomic E-state index is 0.212. The number of carbonyl (C=O) groups excluding carboxylic acids is 1. The SMILES string of the molecule is C/C=C/CC(NC(=O)C(C)(C)COCc1ccccc1)C(=O)O. The van der Waals surface area contributed by atoms with Gasteiger partial charge in [0.1, 0.15) is 6.04 Å². The molecule has 1 atom stereocenters. The highest BCUT2D eigenvalue weighted by Crippen LogP contribution is 2.17. The molecule has 0 aliphatic carbocycles. The molecule has 0 saturated heterocycles. The van der Waals surface area contributed by atoms with Gasteiger partial charge in [0, 0.05) is 0 Å². The molecule has 1 rings (SSSR count). The third-order valence-corrected chi connectivity index (χ3v) is 3.40. The highest BCUT2D eigenvalue weighted by molar-refractivity contribution is 5.87. The Bertz CT molecular complexity index is 537. The smallest absolute Gasteiger partial charge is 0.326 e. The maximum atomic E-state index is 12.3. The summed E-state index contributed by atoms with van der Waals surface area (Å²) >= 11 is 0. The number of hydrogen-bond acceptors (Lipinski definition) is 3. The molecule has 0 aliphatic rings. The van der Waals surface area contributed by atoms with Gasteiger partial charge in [-0.25, -0.2) is 4.79 Å². The van der Waals surface area contributed by atoms with Crippen molar-refractivity contribution >= 4 is 11.9 Å². The van der Waals surface area contributed by atoms with E-state index in [0.717, 1.165) is 5.56 Å². The molecule has 0 bridgehead atoms. The van der Waals surface area contributed by atoms with E-state index in [9.17, 15) is 9.59 Å². The average molecular weight is 319 g/mol. The number of carboxylic acid groups (broad SMARTS) is 1. The van der Waals surface area contributed by atoms with Gasteiger partial charge >= 0.3 is 5.97 Å². The zero-order valence-electron chi connectivity index (χ0n) is 13.9. The van der Waals surface area contributed by atoms with Gasteiger partial charge in [-0.15, -0.1) is 0 Å². The Morgan fingerprint density at radius 1 is 1.30 bits per heavy atom. The second kappa shape index (κ2) is 9.10. The molecule has 23 heavy (non-hydrogen) atoms. The Morgan fingerprint density at radius 3 is 2.52 bits per heavy atom. The third kappa shape index (κ3) is 6.65. The number of carboxylic acids is 1. The van der Waals surface area contributed by atoms with Gasteiger partial charge in [0.25, 0.3) is 0 Å². The summed E-state index contributed by atoms with van der Waals surface area (Å²) < 4.78 is 5.61. The summed E-state index contributed by atoms with van der Waals surface area (Å²) in [6.45, 7) is 5.91. The van der Waals surface area contributed by atoms with E-state index in [1.165, 1.54) is 0 Å². The van der Waals surface area contributed by atoms with Crippen molar-refractivity contribution in [2.24, 2.45) is 5.41 Å². The summed E-state index contributed by atoms with van der Waals surface area (Å²) in [5, 5.41) is 11.7. The second-order valence-electron chi connectivity index (χ2n) is 6.03. The summed E-state index contributed by atoms with van der Waals surface area (Å²) in [6, 6.07) is 8.75. The van der Waals surface area contributed by atoms with Crippen LogP contribution in [0.15, 0.2) is 42.5 Å². The van der Waals surface area contributed by atoms with E-state index in [1.807, 2.05) is 37.3 Å². The Balaban J connectivity index is 2.53. The van der Waals surface area contributed by atoms with Gasteiger partial charge in [-0.2, -0.15) is 0 Å². The third-order valence-electron chi connectivity index (χ3n) is 3.40. The molecule has 2 N–H and O–H groups in total. The lowest BCUT2D eigenvalue weighted by Gasteiger charge is -2.25. The van der Waals surface area contributed by atoms with Crippen LogP contribution in [0.3, 0.4) is 0 Å². The van der Waals surface area contributed by atoms with Crippen LogP contribution in [0.1, 0.15) is 32.8 Å². The highest BCUT2D eigenvalue weighted by Gasteiger charge is 2.31. The molecule has 0 aromatic heterocycles. The lowest BCUT2D eigenvalue weighted by molar-refractivity contribution is -0.144. The Labute approximate surface area is 137 Å². The van der Waals surface area contributed by atoms with E-state index in [1.54, 1.807) is 26.0 Å². The Hall–Kier alpha value is -2.14. The zero-order valence-corrected chi connectivity index (χ0v) is 13.9. The first-order valence-electron chi connectivity index (χ1n) is 7.63. The summed E-state index contributed by atoms with van der Waals surface area (Å²) in [4.78, 5) is 23.5. The van der Waals surface area contributed by atoms with E-state index in [4.69, 9.17) is 9.84 Å². The summed E-state index contributed by atoms with van der Waals surface area (Å²) in [6.07, 6.45) is 3.74. The molecule has 0 heterocycles. The van der Waals surface area contributed by atoms with Crippen LogP contribution in [-0.2, 0) is 20.9 Å². The van der Waals surface area contributed by atoms with Crippen molar-refractivity contribution in [1.82, 2.24) is 5.32 Å². The van der Waals surface area contributed by atoms with Gasteiger partial charge in [0.2, 0.25) is 5.91 Å². The molecule has 1 amide bonds. The van der Waals surface area contributed by atoms with E-state index < -0.39 is 17.4 Å². The number of rotatable bonds is 9. The molecule has 1 aromatic carbocycles. The lowest BCUT2D eigenvalue weighted by atomic mass is 9.93. The minimum atomic E-state index is -1.04. The lowest BCUT2D eigenvalue weighted by Crippen LogP contribution is -2.47. The van der Waals surface area contributed by atoms with Crippen molar-refractivity contribution in [2.45, 2.75) is 39.8 Å². The average Bonchev–Trinajstić information content (AvgIpc) is 2.51. The molecule has 126 valence electrons. The van der Waals surface area contributed by atoms with Crippen LogP contribution >= 0.6 is 0 Å². The predicted octanol–water partition coefficient (Wildman–Crippen LogP) is 2.77. The van der Waals surface area contributed by atoms with Gasteiger partial charge in [0.15, 0.2) is 0 Å². The molecule has 0 saturated carbocycles. The van der Waals surface area contributed by atoms with E-state index in [-0.39, 0.29) is 18.9 Å². The number of hydrogen-bond donors (Lipinski definition) is 2. The van der Waals surface area contributed by atoms with Crippen LogP contribution in [0.5, 0.6) is 0 Å². The van der Waals surface area contributed by atoms with Crippen LogP contribution < -0.4 is 5.32 Å². The van der Waals surface area contributed by atoms with Crippen molar-refractivity contribution in [3.05, 3.63) is 48.0 Å². The minimum Gasteiger partial charge on any atom is -0.480 e. The van der Waals surface area contributed by atoms with Crippen LogP contribution in [0.25, 0.3) is 0 Å². The largest absolute Gasteiger partial charge is 0.480 e. The number of aliphatic carboxylic acids is 1. The highest BCUT2D eigenvalue weighted by atomic mass is 16.5. The fourth-order valence-electron chi connectivity index (χ4n) is 1.91. The fraction of sp³-hybridized carbons (Fsp3) is 0.444. The first kappa shape index (κ1) is 18.9. The molecule has 1 unspecified atom stereocenters. The maximum Gasteiger partial charge on any atom is 0.326 e. The molecule has 5 nitrogen and oxygen atoms in total. The fourth-order valence-corrected chi connectivity index (χ4v) is 1.91.